The quantitative estimate of drug-likeness (QED) is 0.695. The zero-order chi connectivity index (χ0) is 14.8. The van der Waals surface area contributed by atoms with Gasteiger partial charge in [0.25, 0.3) is 0 Å². The van der Waals surface area contributed by atoms with E-state index in [1.807, 2.05) is 24.3 Å². The molecule has 0 N–H and O–H groups in total. The summed E-state index contributed by atoms with van der Waals surface area (Å²) in [7, 11) is 1.59. The molecule has 0 aliphatic carbocycles. The number of aromatic nitrogens is 1. The number of hydrogen-bond acceptors (Lipinski definition) is 3. The molecule has 0 fully saturated rings. The summed E-state index contributed by atoms with van der Waals surface area (Å²) < 4.78 is 32.0. The highest BCUT2D eigenvalue weighted by Gasteiger charge is 2.13. The van der Waals surface area contributed by atoms with Crippen LogP contribution in [0.3, 0.4) is 0 Å². The number of rotatable bonds is 3. The molecule has 2 aromatic carbocycles. The Balaban J connectivity index is 2.04. The van der Waals surface area contributed by atoms with Crippen molar-refractivity contribution >= 4 is 11.3 Å². The minimum atomic E-state index is -0.619. The molecule has 2 nitrogen and oxygen atoms in total. The van der Waals surface area contributed by atoms with Crippen LogP contribution in [0.25, 0.3) is 21.8 Å². The smallest absolute Gasteiger partial charge is 0.135 e. The van der Waals surface area contributed by atoms with Gasteiger partial charge < -0.3 is 4.74 Å². The van der Waals surface area contributed by atoms with Crippen LogP contribution in [-0.2, 0) is 0 Å². The number of thiazole rings is 1. The van der Waals surface area contributed by atoms with Gasteiger partial charge in [-0.15, -0.1) is 11.3 Å². The van der Waals surface area contributed by atoms with Gasteiger partial charge >= 0.3 is 0 Å². The predicted octanol–water partition coefficient (Wildman–Crippen LogP) is 4.76. The van der Waals surface area contributed by atoms with E-state index in [-0.39, 0.29) is 5.56 Å². The topological polar surface area (TPSA) is 22.1 Å². The summed E-state index contributed by atoms with van der Waals surface area (Å²) >= 11 is 1.39. The molecule has 106 valence electrons. The number of benzene rings is 2. The van der Waals surface area contributed by atoms with Crippen molar-refractivity contribution in [1.82, 2.24) is 4.98 Å². The van der Waals surface area contributed by atoms with E-state index in [0.29, 0.717) is 11.4 Å². The van der Waals surface area contributed by atoms with E-state index in [1.165, 1.54) is 23.5 Å². The van der Waals surface area contributed by atoms with Crippen LogP contribution in [0.1, 0.15) is 0 Å². The molecule has 0 radical (unpaired) electrons. The lowest BCUT2D eigenvalue weighted by Crippen LogP contribution is -1.88. The van der Waals surface area contributed by atoms with E-state index in [1.54, 1.807) is 12.5 Å². The lowest BCUT2D eigenvalue weighted by atomic mass is 10.1. The Morgan fingerprint density at radius 2 is 1.86 bits per heavy atom. The van der Waals surface area contributed by atoms with Crippen LogP contribution >= 0.6 is 11.3 Å². The lowest BCUT2D eigenvalue weighted by Gasteiger charge is -2.04. The molecule has 5 heteroatoms. The SMILES string of the molecule is COc1ccccc1-c1nc(-c2ccc(F)cc2F)cs1. The molecule has 1 aromatic heterocycles. The van der Waals surface area contributed by atoms with Crippen LogP contribution in [-0.4, -0.2) is 12.1 Å². The third-order valence-electron chi connectivity index (χ3n) is 3.05. The largest absolute Gasteiger partial charge is 0.496 e. The van der Waals surface area contributed by atoms with Crippen LogP contribution in [0.2, 0.25) is 0 Å². The van der Waals surface area contributed by atoms with Crippen molar-refractivity contribution in [3.05, 3.63) is 59.5 Å². The fourth-order valence-electron chi connectivity index (χ4n) is 2.04. The van der Waals surface area contributed by atoms with Crippen LogP contribution in [0.4, 0.5) is 8.78 Å². The molecule has 0 aliphatic heterocycles. The maximum atomic E-state index is 13.8. The van der Waals surface area contributed by atoms with Gasteiger partial charge in [0.1, 0.15) is 22.4 Å². The first-order valence-electron chi connectivity index (χ1n) is 6.23. The number of para-hydroxylation sites is 1. The molecular formula is C16H11F2NOS. The zero-order valence-electron chi connectivity index (χ0n) is 11.1. The molecule has 3 rings (SSSR count). The van der Waals surface area contributed by atoms with Gasteiger partial charge in [0.05, 0.1) is 18.4 Å². The molecule has 0 spiro atoms. The van der Waals surface area contributed by atoms with Crippen molar-refractivity contribution in [2.45, 2.75) is 0 Å². The van der Waals surface area contributed by atoms with Gasteiger partial charge in [-0.3, -0.25) is 0 Å². The second kappa shape index (κ2) is 5.61. The Labute approximate surface area is 124 Å². The third-order valence-corrected chi connectivity index (χ3v) is 3.92. The third kappa shape index (κ3) is 2.64. The van der Waals surface area contributed by atoms with Crippen molar-refractivity contribution in [2.75, 3.05) is 7.11 Å². The Bertz CT molecular complexity index is 785. The summed E-state index contributed by atoms with van der Waals surface area (Å²) in [5, 5.41) is 2.48. The van der Waals surface area contributed by atoms with Crippen molar-refractivity contribution in [2.24, 2.45) is 0 Å². The normalized spacial score (nSPS) is 10.6. The van der Waals surface area contributed by atoms with Gasteiger partial charge in [0.15, 0.2) is 0 Å². The summed E-state index contributed by atoms with van der Waals surface area (Å²) in [6.45, 7) is 0. The maximum absolute atomic E-state index is 13.8. The van der Waals surface area contributed by atoms with Crippen molar-refractivity contribution < 1.29 is 13.5 Å². The van der Waals surface area contributed by atoms with Gasteiger partial charge in [-0.25, -0.2) is 13.8 Å². The first-order valence-corrected chi connectivity index (χ1v) is 7.11. The Morgan fingerprint density at radius 3 is 2.62 bits per heavy atom. The van der Waals surface area contributed by atoms with E-state index in [2.05, 4.69) is 4.98 Å². The van der Waals surface area contributed by atoms with Gasteiger partial charge in [-0.1, -0.05) is 12.1 Å². The molecule has 0 amide bonds. The fraction of sp³-hybridized carbons (Fsp3) is 0.0625. The number of nitrogens with zero attached hydrogens (tertiary/aromatic N) is 1. The second-order valence-electron chi connectivity index (χ2n) is 4.36. The molecular weight excluding hydrogens is 292 g/mol. The summed E-state index contributed by atoms with van der Waals surface area (Å²) in [5.41, 5.74) is 1.62. The highest BCUT2D eigenvalue weighted by atomic mass is 32.1. The zero-order valence-corrected chi connectivity index (χ0v) is 12.0. The minimum absolute atomic E-state index is 0.286. The average molecular weight is 303 g/mol. The first kappa shape index (κ1) is 13.7. The van der Waals surface area contributed by atoms with E-state index in [4.69, 9.17) is 4.74 Å². The number of hydrogen-bond donors (Lipinski definition) is 0. The minimum Gasteiger partial charge on any atom is -0.496 e. The molecule has 0 bridgehead atoms. The summed E-state index contributed by atoms with van der Waals surface area (Å²) in [4.78, 5) is 4.43. The summed E-state index contributed by atoms with van der Waals surface area (Å²) in [6, 6.07) is 11.0. The molecule has 0 unspecified atom stereocenters. The van der Waals surface area contributed by atoms with E-state index >= 15 is 0 Å². The standard InChI is InChI=1S/C16H11F2NOS/c1-20-15-5-3-2-4-12(15)16-19-14(9-21-16)11-7-6-10(17)8-13(11)18/h2-9H,1H3. The van der Waals surface area contributed by atoms with Crippen LogP contribution < -0.4 is 4.74 Å². The van der Waals surface area contributed by atoms with Crippen molar-refractivity contribution in [1.29, 1.82) is 0 Å². The van der Waals surface area contributed by atoms with Gasteiger partial charge in [0, 0.05) is 17.0 Å². The maximum Gasteiger partial charge on any atom is 0.135 e. The highest BCUT2D eigenvalue weighted by Crippen LogP contribution is 2.34. The Hall–Kier alpha value is -2.27. The van der Waals surface area contributed by atoms with Crippen molar-refractivity contribution in [3.63, 3.8) is 0 Å². The fourth-order valence-corrected chi connectivity index (χ4v) is 2.89. The molecule has 0 aliphatic rings. The van der Waals surface area contributed by atoms with E-state index in [0.717, 1.165) is 16.6 Å². The number of halogens is 2. The van der Waals surface area contributed by atoms with Gasteiger partial charge in [0.2, 0.25) is 0 Å². The average Bonchev–Trinajstić information content (AvgIpc) is 2.96. The first-order chi connectivity index (χ1) is 10.2. The van der Waals surface area contributed by atoms with Crippen molar-refractivity contribution in [3.8, 4) is 27.6 Å². The molecule has 0 saturated heterocycles. The highest BCUT2D eigenvalue weighted by molar-refractivity contribution is 7.13. The monoisotopic (exact) mass is 303 g/mol. The lowest BCUT2D eigenvalue weighted by molar-refractivity contribution is 0.416. The molecule has 0 saturated carbocycles. The van der Waals surface area contributed by atoms with E-state index in [9.17, 15) is 8.78 Å². The predicted molar refractivity (Wildman–Crippen MR) is 79.5 cm³/mol. The van der Waals surface area contributed by atoms with Crippen LogP contribution in [0, 0.1) is 11.6 Å². The molecule has 1 heterocycles. The van der Waals surface area contributed by atoms with Gasteiger partial charge in [-0.05, 0) is 24.3 Å². The van der Waals surface area contributed by atoms with Crippen LogP contribution in [0.15, 0.2) is 47.8 Å². The molecule has 3 aromatic rings. The molecule has 21 heavy (non-hydrogen) atoms. The summed E-state index contributed by atoms with van der Waals surface area (Å²) in [6.07, 6.45) is 0. The van der Waals surface area contributed by atoms with E-state index < -0.39 is 11.6 Å². The number of ether oxygens (including phenoxy) is 1. The molecule has 0 atom stereocenters. The van der Waals surface area contributed by atoms with Crippen LogP contribution in [0.5, 0.6) is 5.75 Å². The number of methoxy groups -OCH3 is 1. The Morgan fingerprint density at radius 1 is 1.05 bits per heavy atom. The Kier molecular flexibility index (Phi) is 3.66. The van der Waals surface area contributed by atoms with Gasteiger partial charge in [-0.2, -0.15) is 0 Å². The summed E-state index contributed by atoms with van der Waals surface area (Å²) in [5.74, 6) is -0.513. The second-order valence-corrected chi connectivity index (χ2v) is 5.22.